The van der Waals surface area contributed by atoms with Crippen molar-refractivity contribution >= 4 is 30.3 Å². The van der Waals surface area contributed by atoms with E-state index in [1.54, 1.807) is 78.9 Å². The van der Waals surface area contributed by atoms with Gasteiger partial charge in [0.15, 0.2) is 0 Å². The number of carbonyl (C=O) groups excluding carboxylic acids is 1. The van der Waals surface area contributed by atoms with Crippen LogP contribution in [-0.4, -0.2) is 12.1 Å². The molecule has 0 unspecified atom stereocenters. The standard InChI is InChI=1S/C20H15F3NOP/c21-20(22,23)19(25)24(16-10-4-1-5-11-16)26(17-12-6-2-7-13-17)18-14-8-3-9-15-18/h1-15H. The van der Waals surface area contributed by atoms with Crippen LogP contribution in [0.5, 0.6) is 0 Å². The van der Waals surface area contributed by atoms with E-state index in [-0.39, 0.29) is 5.69 Å². The summed E-state index contributed by atoms with van der Waals surface area (Å²) in [4.78, 5) is 12.4. The third-order valence-electron chi connectivity index (χ3n) is 3.64. The lowest BCUT2D eigenvalue weighted by Crippen LogP contribution is -2.42. The molecule has 3 aromatic rings. The Labute approximate surface area is 150 Å². The quantitative estimate of drug-likeness (QED) is 0.611. The fourth-order valence-corrected chi connectivity index (χ4v) is 4.86. The van der Waals surface area contributed by atoms with E-state index < -0.39 is 20.2 Å². The average molecular weight is 373 g/mol. The second kappa shape index (κ2) is 7.71. The lowest BCUT2D eigenvalue weighted by Gasteiger charge is -2.32. The van der Waals surface area contributed by atoms with Gasteiger partial charge in [0.1, 0.15) is 0 Å². The number of carbonyl (C=O) groups is 1. The summed E-state index contributed by atoms with van der Waals surface area (Å²) >= 11 is 0. The van der Waals surface area contributed by atoms with Gasteiger partial charge in [-0.1, -0.05) is 78.9 Å². The Hall–Kier alpha value is -2.65. The predicted molar refractivity (Wildman–Crippen MR) is 99.1 cm³/mol. The van der Waals surface area contributed by atoms with E-state index in [0.717, 1.165) is 4.67 Å². The third-order valence-corrected chi connectivity index (χ3v) is 6.02. The number of hydrogen-bond acceptors (Lipinski definition) is 1. The number of anilines is 1. The largest absolute Gasteiger partial charge is 0.472 e. The van der Waals surface area contributed by atoms with Crippen molar-refractivity contribution in [3.05, 3.63) is 91.0 Å². The summed E-state index contributed by atoms with van der Waals surface area (Å²) in [6, 6.07) is 25.6. The molecule has 6 heteroatoms. The molecule has 0 N–H and O–H groups in total. The van der Waals surface area contributed by atoms with Crippen LogP contribution in [0.25, 0.3) is 0 Å². The molecule has 3 rings (SSSR count). The second-order valence-corrected chi connectivity index (χ2v) is 7.49. The van der Waals surface area contributed by atoms with Gasteiger partial charge in [0.2, 0.25) is 0 Å². The third kappa shape index (κ3) is 3.94. The molecule has 1 amide bonds. The molecular weight excluding hydrogens is 358 g/mol. The van der Waals surface area contributed by atoms with Gasteiger partial charge in [0.25, 0.3) is 0 Å². The van der Waals surface area contributed by atoms with Crippen LogP contribution in [0.4, 0.5) is 18.9 Å². The van der Waals surface area contributed by atoms with Gasteiger partial charge in [0, 0.05) is 16.3 Å². The summed E-state index contributed by atoms with van der Waals surface area (Å²) < 4.78 is 41.1. The monoisotopic (exact) mass is 373 g/mol. The minimum Gasteiger partial charge on any atom is -0.275 e. The molecule has 2 nitrogen and oxygen atoms in total. The summed E-state index contributed by atoms with van der Waals surface area (Å²) in [5.41, 5.74) is 0.216. The van der Waals surface area contributed by atoms with Crippen LogP contribution in [0.3, 0.4) is 0 Å². The Bertz CT molecular complexity index is 815. The maximum absolute atomic E-state index is 13.4. The molecule has 3 aromatic carbocycles. The molecule has 0 aliphatic rings. The Morgan fingerprint density at radius 1 is 0.692 bits per heavy atom. The molecule has 0 aromatic heterocycles. The van der Waals surface area contributed by atoms with Crippen molar-refractivity contribution in [3.8, 4) is 0 Å². The highest BCUT2D eigenvalue weighted by Crippen LogP contribution is 2.44. The van der Waals surface area contributed by atoms with Crippen LogP contribution in [0, 0.1) is 0 Å². The maximum Gasteiger partial charge on any atom is 0.472 e. The van der Waals surface area contributed by atoms with Crippen molar-refractivity contribution in [2.75, 3.05) is 4.67 Å². The Kier molecular flexibility index (Phi) is 5.38. The van der Waals surface area contributed by atoms with E-state index in [1.807, 2.05) is 0 Å². The van der Waals surface area contributed by atoms with Gasteiger partial charge in [-0.25, -0.2) is 0 Å². The van der Waals surface area contributed by atoms with Gasteiger partial charge in [-0.05, 0) is 12.1 Å². The van der Waals surface area contributed by atoms with E-state index in [9.17, 15) is 18.0 Å². The molecule has 0 aliphatic heterocycles. The zero-order valence-electron chi connectivity index (χ0n) is 13.6. The molecule has 0 atom stereocenters. The number of alkyl halides is 3. The number of rotatable bonds is 4. The first-order chi connectivity index (χ1) is 12.5. The fourth-order valence-electron chi connectivity index (χ4n) is 2.53. The van der Waals surface area contributed by atoms with Crippen LogP contribution in [0.15, 0.2) is 91.0 Å². The van der Waals surface area contributed by atoms with Gasteiger partial charge < -0.3 is 0 Å². The highest BCUT2D eigenvalue weighted by Gasteiger charge is 2.46. The SMILES string of the molecule is O=C(N(c1ccccc1)P(c1ccccc1)c1ccccc1)C(F)(F)F. The first-order valence-electron chi connectivity index (χ1n) is 7.85. The van der Waals surface area contributed by atoms with E-state index >= 15 is 0 Å². The van der Waals surface area contributed by atoms with E-state index in [2.05, 4.69) is 0 Å². The zero-order valence-corrected chi connectivity index (χ0v) is 14.5. The van der Waals surface area contributed by atoms with Gasteiger partial charge >= 0.3 is 12.1 Å². The molecule has 0 aliphatic carbocycles. The number of benzene rings is 3. The lowest BCUT2D eigenvalue weighted by molar-refractivity contribution is -0.168. The molecule has 0 saturated heterocycles. The first-order valence-corrected chi connectivity index (χ1v) is 9.14. The predicted octanol–water partition coefficient (Wildman–Crippen LogP) is 4.63. The number of para-hydroxylation sites is 1. The molecule has 0 bridgehead atoms. The molecule has 0 heterocycles. The van der Waals surface area contributed by atoms with Crippen molar-refractivity contribution in [1.82, 2.24) is 0 Å². The fraction of sp³-hybridized carbons (Fsp3) is 0.0500. The molecular formula is C20H15F3NOP. The van der Waals surface area contributed by atoms with Crippen LogP contribution >= 0.6 is 8.07 Å². The number of amides is 1. The van der Waals surface area contributed by atoms with Crippen molar-refractivity contribution in [2.24, 2.45) is 0 Å². The Morgan fingerprint density at radius 2 is 1.08 bits per heavy atom. The molecule has 0 radical (unpaired) electrons. The number of halogens is 3. The molecule has 0 saturated carbocycles. The summed E-state index contributed by atoms with van der Waals surface area (Å²) in [5.74, 6) is -1.87. The summed E-state index contributed by atoms with van der Waals surface area (Å²) in [7, 11) is -1.73. The van der Waals surface area contributed by atoms with Crippen LogP contribution < -0.4 is 15.3 Å². The summed E-state index contributed by atoms with van der Waals surface area (Å²) in [6.45, 7) is 0. The lowest BCUT2D eigenvalue weighted by atomic mass is 10.3. The van der Waals surface area contributed by atoms with E-state index in [1.165, 1.54) is 12.1 Å². The highest BCUT2D eigenvalue weighted by atomic mass is 31.1. The van der Waals surface area contributed by atoms with Crippen molar-refractivity contribution < 1.29 is 18.0 Å². The van der Waals surface area contributed by atoms with Crippen LogP contribution in [0.2, 0.25) is 0 Å². The molecule has 26 heavy (non-hydrogen) atoms. The Morgan fingerprint density at radius 3 is 1.46 bits per heavy atom. The van der Waals surface area contributed by atoms with E-state index in [0.29, 0.717) is 10.6 Å². The molecule has 132 valence electrons. The van der Waals surface area contributed by atoms with Crippen LogP contribution in [-0.2, 0) is 4.79 Å². The summed E-state index contributed by atoms with van der Waals surface area (Å²) in [6.07, 6.45) is -4.97. The minimum absolute atomic E-state index is 0.216. The first kappa shape index (κ1) is 18.2. The smallest absolute Gasteiger partial charge is 0.275 e. The normalized spacial score (nSPS) is 11.4. The van der Waals surface area contributed by atoms with Gasteiger partial charge in [-0.3, -0.25) is 9.46 Å². The van der Waals surface area contributed by atoms with Crippen molar-refractivity contribution in [2.45, 2.75) is 6.18 Å². The molecule has 0 spiro atoms. The topological polar surface area (TPSA) is 20.3 Å². The van der Waals surface area contributed by atoms with Crippen molar-refractivity contribution in [3.63, 3.8) is 0 Å². The average Bonchev–Trinajstić information content (AvgIpc) is 2.67. The van der Waals surface area contributed by atoms with Gasteiger partial charge in [-0.2, -0.15) is 13.2 Å². The maximum atomic E-state index is 13.4. The number of hydrogen-bond donors (Lipinski definition) is 0. The van der Waals surface area contributed by atoms with Gasteiger partial charge in [0.05, 0.1) is 8.07 Å². The van der Waals surface area contributed by atoms with Gasteiger partial charge in [-0.15, -0.1) is 0 Å². The van der Waals surface area contributed by atoms with Crippen LogP contribution in [0.1, 0.15) is 0 Å². The Balaban J connectivity index is 2.21. The summed E-state index contributed by atoms with van der Waals surface area (Å²) in [5, 5.41) is 1.32. The second-order valence-electron chi connectivity index (χ2n) is 5.43. The zero-order chi connectivity index (χ0) is 18.6. The number of nitrogens with zero attached hydrogens (tertiary/aromatic N) is 1. The highest BCUT2D eigenvalue weighted by molar-refractivity contribution is 7.75. The molecule has 0 fully saturated rings. The van der Waals surface area contributed by atoms with E-state index in [4.69, 9.17) is 0 Å². The van der Waals surface area contributed by atoms with Crippen molar-refractivity contribution in [1.29, 1.82) is 0 Å². The minimum atomic E-state index is -4.97.